The fraction of sp³-hybridized carbons (Fsp3) is 0.636. The van der Waals surface area contributed by atoms with Crippen molar-refractivity contribution < 1.29 is 32.6 Å². The number of ether oxygens (including phenoxy) is 1. The SMILES string of the molecule is C=CCOC(=O)N1CC[C@@H](C(=O)O)C[C@H]1C(F)(F)F. The number of halogens is 3. The monoisotopic (exact) mass is 281 g/mol. The summed E-state index contributed by atoms with van der Waals surface area (Å²) in [5.74, 6) is -2.39. The number of aliphatic carboxylic acids is 1. The molecule has 1 aliphatic rings. The number of rotatable bonds is 3. The van der Waals surface area contributed by atoms with Crippen molar-refractivity contribution in [2.24, 2.45) is 5.92 Å². The van der Waals surface area contributed by atoms with Crippen LogP contribution in [0.15, 0.2) is 12.7 Å². The predicted molar refractivity (Wildman–Crippen MR) is 58.5 cm³/mol. The van der Waals surface area contributed by atoms with Crippen molar-refractivity contribution in [3.8, 4) is 0 Å². The fourth-order valence-corrected chi connectivity index (χ4v) is 1.93. The second-order valence-corrected chi connectivity index (χ2v) is 4.18. The first-order valence-corrected chi connectivity index (χ1v) is 5.61. The molecule has 8 heteroatoms. The van der Waals surface area contributed by atoms with Crippen LogP contribution in [0.2, 0.25) is 0 Å². The van der Waals surface area contributed by atoms with Gasteiger partial charge in [-0.25, -0.2) is 4.79 Å². The molecule has 1 N–H and O–H groups in total. The molecule has 0 aromatic heterocycles. The number of likely N-dealkylation sites (tertiary alicyclic amines) is 1. The van der Waals surface area contributed by atoms with Gasteiger partial charge < -0.3 is 9.84 Å². The van der Waals surface area contributed by atoms with E-state index in [1.807, 2.05) is 0 Å². The van der Waals surface area contributed by atoms with E-state index >= 15 is 0 Å². The van der Waals surface area contributed by atoms with Crippen LogP contribution in [-0.4, -0.2) is 47.4 Å². The number of carboxylic acid groups (broad SMARTS) is 1. The van der Waals surface area contributed by atoms with Crippen molar-refractivity contribution in [2.75, 3.05) is 13.2 Å². The van der Waals surface area contributed by atoms with Gasteiger partial charge in [-0.2, -0.15) is 13.2 Å². The van der Waals surface area contributed by atoms with Crippen molar-refractivity contribution in [3.63, 3.8) is 0 Å². The van der Waals surface area contributed by atoms with E-state index in [1.54, 1.807) is 0 Å². The number of hydrogen-bond donors (Lipinski definition) is 1. The van der Waals surface area contributed by atoms with E-state index < -0.39 is 36.6 Å². The largest absolute Gasteiger partial charge is 0.481 e. The smallest absolute Gasteiger partial charge is 0.410 e. The molecular formula is C11H14F3NO4. The van der Waals surface area contributed by atoms with Gasteiger partial charge in [-0.05, 0) is 12.8 Å². The van der Waals surface area contributed by atoms with Crippen molar-refractivity contribution in [1.82, 2.24) is 4.90 Å². The number of carbonyl (C=O) groups excluding carboxylic acids is 1. The molecule has 0 radical (unpaired) electrons. The number of amides is 1. The minimum Gasteiger partial charge on any atom is -0.481 e. The normalized spacial score (nSPS) is 23.8. The standard InChI is InChI=1S/C11H14F3NO4/c1-2-5-19-10(18)15-4-3-7(9(16)17)6-8(15)11(12,13)14/h2,7-8H,1,3-6H2,(H,16,17)/t7-,8+/m1/s1. The fourth-order valence-electron chi connectivity index (χ4n) is 1.93. The molecule has 0 bridgehead atoms. The van der Waals surface area contributed by atoms with Crippen LogP contribution >= 0.6 is 0 Å². The van der Waals surface area contributed by atoms with Gasteiger partial charge in [0.25, 0.3) is 0 Å². The summed E-state index contributed by atoms with van der Waals surface area (Å²) in [6.45, 7) is 2.80. The van der Waals surface area contributed by atoms with Gasteiger partial charge in [0.15, 0.2) is 0 Å². The average molecular weight is 281 g/mol. The van der Waals surface area contributed by atoms with Gasteiger partial charge in [-0.3, -0.25) is 9.69 Å². The Morgan fingerprint density at radius 3 is 2.58 bits per heavy atom. The Hall–Kier alpha value is -1.73. The third kappa shape index (κ3) is 3.87. The Kier molecular flexibility index (Phi) is 4.79. The molecule has 1 rings (SSSR count). The number of hydrogen-bond acceptors (Lipinski definition) is 3. The summed E-state index contributed by atoms with van der Waals surface area (Å²) in [7, 11) is 0. The lowest BCUT2D eigenvalue weighted by Crippen LogP contribution is -2.54. The highest BCUT2D eigenvalue weighted by atomic mass is 19.4. The van der Waals surface area contributed by atoms with Crippen LogP contribution < -0.4 is 0 Å². The second kappa shape index (κ2) is 5.94. The maximum absolute atomic E-state index is 12.8. The zero-order valence-corrected chi connectivity index (χ0v) is 10.0. The van der Waals surface area contributed by atoms with Crippen LogP contribution in [0.4, 0.5) is 18.0 Å². The number of alkyl halides is 3. The third-order valence-electron chi connectivity index (χ3n) is 2.89. The van der Waals surface area contributed by atoms with E-state index in [9.17, 15) is 22.8 Å². The molecule has 0 unspecified atom stereocenters. The molecular weight excluding hydrogens is 267 g/mol. The molecule has 0 aromatic rings. The molecule has 0 aromatic carbocycles. The first-order valence-electron chi connectivity index (χ1n) is 5.61. The van der Waals surface area contributed by atoms with Gasteiger partial charge in [0.1, 0.15) is 12.6 Å². The number of carbonyl (C=O) groups is 2. The molecule has 0 aliphatic carbocycles. The average Bonchev–Trinajstić information content (AvgIpc) is 2.34. The van der Waals surface area contributed by atoms with E-state index in [4.69, 9.17) is 5.11 Å². The lowest BCUT2D eigenvalue weighted by Gasteiger charge is -2.38. The topological polar surface area (TPSA) is 66.8 Å². The zero-order valence-electron chi connectivity index (χ0n) is 10.0. The van der Waals surface area contributed by atoms with Crippen LogP contribution in [0, 0.1) is 5.92 Å². The Bertz CT molecular complexity index is 369. The van der Waals surface area contributed by atoms with E-state index in [1.165, 1.54) is 6.08 Å². The molecule has 108 valence electrons. The summed E-state index contributed by atoms with van der Waals surface area (Å²) in [5.41, 5.74) is 0. The van der Waals surface area contributed by atoms with E-state index in [0.717, 1.165) is 0 Å². The zero-order chi connectivity index (χ0) is 14.6. The van der Waals surface area contributed by atoms with Gasteiger partial charge in [0.05, 0.1) is 5.92 Å². The lowest BCUT2D eigenvalue weighted by atomic mass is 9.91. The minimum absolute atomic E-state index is 0.0227. The maximum atomic E-state index is 12.8. The molecule has 1 saturated heterocycles. The predicted octanol–water partition coefficient (Wildman–Crippen LogP) is 2.04. The van der Waals surface area contributed by atoms with Crippen molar-refractivity contribution in [1.29, 1.82) is 0 Å². The maximum Gasteiger partial charge on any atom is 0.410 e. The molecule has 2 atom stereocenters. The molecule has 1 fully saturated rings. The summed E-state index contributed by atoms with van der Waals surface area (Å²) in [6, 6.07) is -2.13. The van der Waals surface area contributed by atoms with Gasteiger partial charge >= 0.3 is 18.2 Å². The summed E-state index contributed by atoms with van der Waals surface area (Å²) in [5, 5.41) is 8.77. The molecule has 19 heavy (non-hydrogen) atoms. The van der Waals surface area contributed by atoms with Gasteiger partial charge in [0, 0.05) is 6.54 Å². The highest BCUT2D eigenvalue weighted by Gasteiger charge is 2.50. The molecule has 5 nitrogen and oxygen atoms in total. The summed E-state index contributed by atoms with van der Waals surface area (Å²) < 4.78 is 43.1. The number of carboxylic acids is 1. The molecule has 1 aliphatic heterocycles. The highest BCUT2D eigenvalue weighted by Crippen LogP contribution is 2.34. The summed E-state index contributed by atoms with van der Waals surface area (Å²) in [6.07, 6.45) is -5.22. The lowest BCUT2D eigenvalue weighted by molar-refractivity contribution is -0.192. The van der Waals surface area contributed by atoms with Crippen LogP contribution in [0.5, 0.6) is 0 Å². The van der Waals surface area contributed by atoms with E-state index in [-0.39, 0.29) is 19.6 Å². The molecule has 0 saturated carbocycles. The number of nitrogens with zero attached hydrogens (tertiary/aromatic N) is 1. The first kappa shape index (κ1) is 15.3. The van der Waals surface area contributed by atoms with Crippen molar-refractivity contribution >= 4 is 12.1 Å². The Labute approximate surface area is 107 Å². The molecule has 1 heterocycles. The van der Waals surface area contributed by atoms with Crippen molar-refractivity contribution in [3.05, 3.63) is 12.7 Å². The third-order valence-corrected chi connectivity index (χ3v) is 2.89. The minimum atomic E-state index is -4.68. The molecule has 0 spiro atoms. The second-order valence-electron chi connectivity index (χ2n) is 4.18. The Morgan fingerprint density at radius 2 is 2.11 bits per heavy atom. The summed E-state index contributed by atoms with van der Waals surface area (Å²) >= 11 is 0. The molecule has 1 amide bonds. The van der Waals surface area contributed by atoms with Gasteiger partial charge in [-0.1, -0.05) is 12.7 Å². The Balaban J connectivity index is 2.82. The highest BCUT2D eigenvalue weighted by molar-refractivity contribution is 5.72. The van der Waals surface area contributed by atoms with Crippen LogP contribution in [0.1, 0.15) is 12.8 Å². The van der Waals surface area contributed by atoms with Crippen LogP contribution in [0.25, 0.3) is 0 Å². The Morgan fingerprint density at radius 1 is 1.47 bits per heavy atom. The van der Waals surface area contributed by atoms with Gasteiger partial charge in [0.2, 0.25) is 0 Å². The van der Waals surface area contributed by atoms with Crippen molar-refractivity contribution in [2.45, 2.75) is 25.1 Å². The van der Waals surface area contributed by atoms with Crippen LogP contribution in [0.3, 0.4) is 0 Å². The van der Waals surface area contributed by atoms with Gasteiger partial charge in [-0.15, -0.1) is 0 Å². The van der Waals surface area contributed by atoms with E-state index in [0.29, 0.717) is 4.90 Å². The quantitative estimate of drug-likeness (QED) is 0.804. The summed E-state index contributed by atoms with van der Waals surface area (Å²) in [4.78, 5) is 22.8. The van der Waals surface area contributed by atoms with Crippen LogP contribution in [-0.2, 0) is 9.53 Å². The first-order chi connectivity index (χ1) is 8.77. The number of piperidine rings is 1. The van der Waals surface area contributed by atoms with E-state index in [2.05, 4.69) is 11.3 Å².